The van der Waals surface area contributed by atoms with Crippen molar-refractivity contribution in [2.45, 2.75) is 45.1 Å². The number of carbonyl (C=O) groups excluding carboxylic acids is 2. The highest BCUT2D eigenvalue weighted by molar-refractivity contribution is 6.12. The zero-order valence-corrected chi connectivity index (χ0v) is 14.1. The van der Waals surface area contributed by atoms with Gasteiger partial charge in [-0.05, 0) is 42.9 Å². The second-order valence-corrected chi connectivity index (χ2v) is 6.43. The Kier molecular flexibility index (Phi) is 4.37. The Bertz CT molecular complexity index is 800. The molecule has 0 spiro atoms. The van der Waals surface area contributed by atoms with Crippen molar-refractivity contribution in [1.82, 2.24) is 0 Å². The van der Waals surface area contributed by atoms with E-state index in [1.54, 1.807) is 18.2 Å². The third-order valence-corrected chi connectivity index (χ3v) is 5.13. The molecule has 1 N–H and O–H groups in total. The summed E-state index contributed by atoms with van der Waals surface area (Å²) >= 11 is 0. The van der Waals surface area contributed by atoms with Gasteiger partial charge in [0.2, 0.25) is 0 Å². The maximum Gasteiger partial charge on any atom is 0.194 e. The lowest BCUT2D eigenvalue weighted by Gasteiger charge is -2.23. The van der Waals surface area contributed by atoms with Crippen molar-refractivity contribution in [3.05, 3.63) is 70.3 Å². The standard InChI is InChI=1S/C21H22O3/c1-3-21(24,4-2)20(23)16-11-12-18-15(13-16)10-9-14-7-5-6-8-17(14)19(18)22/h5-8,11-13,24H,3-4,9-10H2,1-2H3. The van der Waals surface area contributed by atoms with Gasteiger partial charge >= 0.3 is 0 Å². The van der Waals surface area contributed by atoms with Crippen molar-refractivity contribution in [1.29, 1.82) is 0 Å². The lowest BCUT2D eigenvalue weighted by Crippen LogP contribution is -2.37. The number of ketones is 2. The monoisotopic (exact) mass is 322 g/mol. The van der Waals surface area contributed by atoms with Crippen molar-refractivity contribution in [3.63, 3.8) is 0 Å². The van der Waals surface area contributed by atoms with Crippen molar-refractivity contribution < 1.29 is 14.7 Å². The van der Waals surface area contributed by atoms with Crippen LogP contribution in [0.2, 0.25) is 0 Å². The first-order valence-electron chi connectivity index (χ1n) is 8.53. The molecule has 1 aliphatic carbocycles. The van der Waals surface area contributed by atoms with Gasteiger partial charge in [0.15, 0.2) is 11.6 Å². The number of benzene rings is 2. The summed E-state index contributed by atoms with van der Waals surface area (Å²) in [5, 5.41) is 10.5. The summed E-state index contributed by atoms with van der Waals surface area (Å²) in [5.74, 6) is -0.247. The van der Waals surface area contributed by atoms with Gasteiger partial charge in [-0.3, -0.25) is 9.59 Å². The van der Waals surface area contributed by atoms with Gasteiger partial charge in [0.05, 0.1) is 0 Å². The molecule has 2 aromatic rings. The second-order valence-electron chi connectivity index (χ2n) is 6.43. The Labute approximate surface area is 142 Å². The van der Waals surface area contributed by atoms with Crippen molar-refractivity contribution in [3.8, 4) is 0 Å². The minimum atomic E-state index is -1.33. The predicted molar refractivity (Wildman–Crippen MR) is 93.6 cm³/mol. The number of hydrogen-bond acceptors (Lipinski definition) is 3. The normalized spacial score (nSPS) is 13.9. The van der Waals surface area contributed by atoms with Crippen LogP contribution in [0.25, 0.3) is 0 Å². The molecule has 2 aromatic carbocycles. The quantitative estimate of drug-likeness (QED) is 0.872. The lowest BCUT2D eigenvalue weighted by molar-refractivity contribution is 0.0277. The Balaban J connectivity index is 2.02. The molecule has 0 fully saturated rings. The van der Waals surface area contributed by atoms with Crippen LogP contribution in [-0.4, -0.2) is 22.3 Å². The molecule has 0 radical (unpaired) electrons. The fourth-order valence-electron chi connectivity index (χ4n) is 3.38. The van der Waals surface area contributed by atoms with Gasteiger partial charge in [0.25, 0.3) is 0 Å². The fourth-order valence-corrected chi connectivity index (χ4v) is 3.38. The molecular formula is C21H22O3. The topological polar surface area (TPSA) is 54.4 Å². The molecule has 1 aliphatic rings. The maximum absolute atomic E-state index is 12.8. The van der Waals surface area contributed by atoms with E-state index in [9.17, 15) is 14.7 Å². The van der Waals surface area contributed by atoms with E-state index in [-0.39, 0.29) is 11.6 Å². The van der Waals surface area contributed by atoms with Gasteiger partial charge in [-0.25, -0.2) is 0 Å². The highest BCUT2D eigenvalue weighted by atomic mass is 16.3. The molecule has 3 rings (SSSR count). The number of carbonyl (C=O) groups is 2. The Morgan fingerprint density at radius 3 is 2.33 bits per heavy atom. The van der Waals surface area contributed by atoms with E-state index in [0.29, 0.717) is 24.0 Å². The van der Waals surface area contributed by atoms with Crippen LogP contribution >= 0.6 is 0 Å². The number of Topliss-reactive ketones (excluding diaryl/α,β-unsaturated/α-hetero) is 1. The number of aliphatic hydroxyl groups is 1. The molecule has 0 aromatic heterocycles. The zero-order chi connectivity index (χ0) is 17.3. The number of fused-ring (bicyclic) bond motifs is 2. The lowest BCUT2D eigenvalue weighted by atomic mass is 9.86. The van der Waals surface area contributed by atoms with Crippen LogP contribution < -0.4 is 0 Å². The first-order chi connectivity index (χ1) is 11.5. The third-order valence-electron chi connectivity index (χ3n) is 5.13. The van der Waals surface area contributed by atoms with Gasteiger partial charge in [0.1, 0.15) is 5.60 Å². The number of hydrogen-bond donors (Lipinski definition) is 1. The van der Waals surface area contributed by atoms with Gasteiger partial charge < -0.3 is 5.11 Å². The summed E-state index contributed by atoms with van der Waals surface area (Å²) in [5.41, 5.74) is 2.49. The zero-order valence-electron chi connectivity index (χ0n) is 14.1. The average Bonchev–Trinajstić information content (AvgIpc) is 2.77. The highest BCUT2D eigenvalue weighted by Crippen LogP contribution is 2.27. The summed E-state index contributed by atoms with van der Waals surface area (Å²) < 4.78 is 0. The molecule has 0 aliphatic heterocycles. The summed E-state index contributed by atoms with van der Waals surface area (Å²) in [6, 6.07) is 12.9. The van der Waals surface area contributed by atoms with Crippen LogP contribution in [0.4, 0.5) is 0 Å². The minimum absolute atomic E-state index is 0.0124. The van der Waals surface area contributed by atoms with Crippen LogP contribution in [0.3, 0.4) is 0 Å². The van der Waals surface area contributed by atoms with Crippen LogP contribution in [0.1, 0.15) is 64.1 Å². The Morgan fingerprint density at radius 2 is 1.62 bits per heavy atom. The van der Waals surface area contributed by atoms with E-state index in [1.165, 1.54) is 0 Å². The molecule has 124 valence electrons. The second kappa shape index (κ2) is 6.33. The van der Waals surface area contributed by atoms with Crippen molar-refractivity contribution >= 4 is 11.6 Å². The molecule has 0 amide bonds. The molecule has 0 atom stereocenters. The van der Waals surface area contributed by atoms with Crippen molar-refractivity contribution in [2.24, 2.45) is 0 Å². The largest absolute Gasteiger partial charge is 0.382 e. The Morgan fingerprint density at radius 1 is 1.00 bits per heavy atom. The Hall–Kier alpha value is -2.26. The van der Waals surface area contributed by atoms with Crippen LogP contribution in [0.15, 0.2) is 42.5 Å². The highest BCUT2D eigenvalue weighted by Gasteiger charge is 2.33. The summed E-state index contributed by atoms with van der Waals surface area (Å²) in [6.45, 7) is 3.62. The third kappa shape index (κ3) is 2.69. The number of rotatable bonds is 4. The molecule has 0 saturated heterocycles. The maximum atomic E-state index is 12.8. The van der Waals surface area contributed by atoms with Gasteiger partial charge in [-0.15, -0.1) is 0 Å². The summed E-state index contributed by atoms with van der Waals surface area (Å²) in [4.78, 5) is 25.4. The van der Waals surface area contributed by atoms with E-state index >= 15 is 0 Å². The van der Waals surface area contributed by atoms with Crippen LogP contribution in [0, 0.1) is 0 Å². The molecule has 0 heterocycles. The molecule has 0 bridgehead atoms. The molecule has 3 nitrogen and oxygen atoms in total. The molecule has 24 heavy (non-hydrogen) atoms. The van der Waals surface area contributed by atoms with Crippen LogP contribution in [0.5, 0.6) is 0 Å². The SMILES string of the molecule is CCC(O)(CC)C(=O)c1ccc2c(c1)CCc1ccccc1C2=O. The van der Waals surface area contributed by atoms with Gasteiger partial charge in [0, 0.05) is 16.7 Å². The molecule has 0 saturated carbocycles. The average molecular weight is 322 g/mol. The first kappa shape index (κ1) is 16.6. The predicted octanol–water partition coefficient (Wildman–Crippen LogP) is 3.75. The summed E-state index contributed by atoms with van der Waals surface area (Å²) in [7, 11) is 0. The van der Waals surface area contributed by atoms with E-state index in [1.807, 2.05) is 38.1 Å². The molecular weight excluding hydrogens is 300 g/mol. The number of aryl methyl sites for hydroxylation is 2. The van der Waals surface area contributed by atoms with Gasteiger partial charge in [-0.2, -0.15) is 0 Å². The van der Waals surface area contributed by atoms with E-state index in [2.05, 4.69) is 0 Å². The molecule has 0 unspecified atom stereocenters. The van der Waals surface area contributed by atoms with Gasteiger partial charge in [-0.1, -0.05) is 50.2 Å². The molecule has 3 heteroatoms. The smallest absolute Gasteiger partial charge is 0.194 e. The van der Waals surface area contributed by atoms with E-state index in [0.717, 1.165) is 29.5 Å². The summed E-state index contributed by atoms with van der Waals surface area (Å²) in [6.07, 6.45) is 2.25. The fraction of sp³-hybridized carbons (Fsp3) is 0.333. The first-order valence-corrected chi connectivity index (χ1v) is 8.53. The van der Waals surface area contributed by atoms with E-state index in [4.69, 9.17) is 0 Å². The minimum Gasteiger partial charge on any atom is -0.382 e. The van der Waals surface area contributed by atoms with E-state index < -0.39 is 5.60 Å². The van der Waals surface area contributed by atoms with Crippen molar-refractivity contribution in [2.75, 3.05) is 0 Å². The van der Waals surface area contributed by atoms with Crippen LogP contribution in [-0.2, 0) is 12.8 Å².